The van der Waals surface area contributed by atoms with Crippen molar-refractivity contribution in [2.75, 3.05) is 0 Å². The summed E-state index contributed by atoms with van der Waals surface area (Å²) in [6.45, 7) is 2.88. The van der Waals surface area contributed by atoms with Crippen LogP contribution in [0.25, 0.3) is 0 Å². The van der Waals surface area contributed by atoms with Crippen molar-refractivity contribution < 1.29 is 9.90 Å². The number of hydrogen-bond acceptors (Lipinski definition) is 3. The number of unbranched alkanes of at least 4 members (excludes halogenated alkanes) is 7. The molecule has 0 unspecified atom stereocenters. The Kier molecular flexibility index (Phi) is 7.70. The molecule has 0 aliphatic heterocycles. The normalized spacial score (nSPS) is 10.7. The zero-order valence-corrected chi connectivity index (χ0v) is 12.3. The highest BCUT2D eigenvalue weighted by atomic mass is 16.3. The Balaban J connectivity index is 2.30. The molecule has 20 heavy (non-hydrogen) atoms. The van der Waals surface area contributed by atoms with Crippen LogP contribution in [-0.4, -0.2) is 16.0 Å². The molecule has 4 nitrogen and oxygen atoms in total. The maximum Gasteiger partial charge on any atom is 0.223 e. The van der Waals surface area contributed by atoms with Crippen LogP contribution in [0, 0.1) is 0 Å². The Morgan fingerprint density at radius 2 is 1.70 bits per heavy atom. The van der Waals surface area contributed by atoms with E-state index in [-0.39, 0.29) is 5.75 Å². The van der Waals surface area contributed by atoms with Gasteiger partial charge in [-0.3, -0.25) is 9.59 Å². The van der Waals surface area contributed by atoms with Crippen molar-refractivity contribution in [3.63, 3.8) is 0 Å². The summed E-state index contributed by atoms with van der Waals surface area (Å²) in [6.07, 6.45) is 11.7. The van der Waals surface area contributed by atoms with Gasteiger partial charge in [0.1, 0.15) is 0 Å². The van der Waals surface area contributed by atoms with E-state index < -0.39 is 5.43 Å². The quantitative estimate of drug-likeness (QED) is 0.526. The topological polar surface area (TPSA) is 59.3 Å². The van der Waals surface area contributed by atoms with Gasteiger partial charge in [-0.15, -0.1) is 0 Å². The van der Waals surface area contributed by atoms with Crippen LogP contribution in [0.5, 0.6) is 5.75 Å². The third kappa shape index (κ3) is 5.59. The van der Waals surface area contributed by atoms with Gasteiger partial charge in [0, 0.05) is 12.6 Å². The average Bonchev–Trinajstić information content (AvgIpc) is 2.45. The molecule has 0 aliphatic carbocycles. The standard InChI is InChI=1S/C16H25NO3/c1-2-3-4-5-6-7-8-9-10-17-12-16(20)15(19)11-14(17)13-18/h11-13,20H,2-10H2,1H3. The first kappa shape index (κ1) is 16.5. The van der Waals surface area contributed by atoms with E-state index in [1.165, 1.54) is 50.8 Å². The van der Waals surface area contributed by atoms with Crippen molar-refractivity contribution >= 4 is 6.29 Å². The average molecular weight is 279 g/mol. The summed E-state index contributed by atoms with van der Waals surface area (Å²) < 4.78 is 1.65. The van der Waals surface area contributed by atoms with E-state index in [1.807, 2.05) is 0 Å². The first-order valence-electron chi connectivity index (χ1n) is 7.57. The van der Waals surface area contributed by atoms with Gasteiger partial charge in [0.25, 0.3) is 0 Å². The number of aromatic hydroxyl groups is 1. The number of aryl methyl sites for hydroxylation is 1. The van der Waals surface area contributed by atoms with Crippen molar-refractivity contribution in [2.45, 2.75) is 64.8 Å². The predicted molar refractivity (Wildman–Crippen MR) is 80.4 cm³/mol. The molecule has 0 aliphatic rings. The molecule has 0 amide bonds. The van der Waals surface area contributed by atoms with Crippen LogP contribution >= 0.6 is 0 Å². The monoisotopic (exact) mass is 279 g/mol. The van der Waals surface area contributed by atoms with Crippen molar-refractivity contribution in [3.05, 3.63) is 28.2 Å². The largest absolute Gasteiger partial charge is 0.503 e. The minimum atomic E-state index is -0.501. The van der Waals surface area contributed by atoms with E-state index in [1.54, 1.807) is 4.57 Å². The first-order chi connectivity index (χ1) is 9.69. The van der Waals surface area contributed by atoms with Gasteiger partial charge in [-0.2, -0.15) is 0 Å². The maximum absolute atomic E-state index is 11.2. The zero-order chi connectivity index (χ0) is 14.8. The summed E-state index contributed by atoms with van der Waals surface area (Å²) in [5, 5.41) is 9.39. The molecule has 1 aromatic heterocycles. The van der Waals surface area contributed by atoms with E-state index in [9.17, 15) is 14.7 Å². The van der Waals surface area contributed by atoms with Gasteiger partial charge in [0.2, 0.25) is 5.43 Å². The fourth-order valence-electron chi connectivity index (χ4n) is 2.29. The van der Waals surface area contributed by atoms with E-state index in [0.717, 1.165) is 12.8 Å². The summed E-state index contributed by atoms with van der Waals surface area (Å²) in [7, 11) is 0. The van der Waals surface area contributed by atoms with Crippen LogP contribution in [0.3, 0.4) is 0 Å². The van der Waals surface area contributed by atoms with Crippen molar-refractivity contribution in [3.8, 4) is 5.75 Å². The molecule has 0 fully saturated rings. The maximum atomic E-state index is 11.2. The molecule has 0 atom stereocenters. The third-order valence-corrected chi connectivity index (χ3v) is 3.51. The predicted octanol–water partition coefficient (Wildman–Crippen LogP) is 3.51. The number of aldehydes is 1. The molecule has 0 bridgehead atoms. The van der Waals surface area contributed by atoms with Crippen molar-refractivity contribution in [1.29, 1.82) is 0 Å². The van der Waals surface area contributed by atoms with Gasteiger partial charge in [0.15, 0.2) is 12.0 Å². The molecule has 1 heterocycles. The fourth-order valence-corrected chi connectivity index (χ4v) is 2.29. The lowest BCUT2D eigenvalue weighted by atomic mass is 10.1. The molecule has 1 rings (SSSR count). The Morgan fingerprint density at radius 1 is 1.10 bits per heavy atom. The minimum absolute atomic E-state index is 0.296. The second-order valence-electron chi connectivity index (χ2n) is 5.23. The lowest BCUT2D eigenvalue weighted by molar-refractivity contribution is 0.111. The summed E-state index contributed by atoms with van der Waals surface area (Å²) in [5.74, 6) is -0.296. The van der Waals surface area contributed by atoms with Gasteiger partial charge in [-0.25, -0.2) is 0 Å². The molecule has 4 heteroatoms. The van der Waals surface area contributed by atoms with E-state index in [4.69, 9.17) is 0 Å². The van der Waals surface area contributed by atoms with Gasteiger partial charge in [0.05, 0.1) is 11.9 Å². The van der Waals surface area contributed by atoms with Crippen LogP contribution in [0.4, 0.5) is 0 Å². The summed E-state index contributed by atoms with van der Waals surface area (Å²) in [4.78, 5) is 22.1. The number of aromatic nitrogens is 1. The van der Waals surface area contributed by atoms with E-state index in [0.29, 0.717) is 18.5 Å². The van der Waals surface area contributed by atoms with Crippen molar-refractivity contribution in [1.82, 2.24) is 4.57 Å². The molecule has 112 valence electrons. The number of pyridine rings is 1. The smallest absolute Gasteiger partial charge is 0.223 e. The summed E-state index contributed by atoms with van der Waals surface area (Å²) in [5.41, 5.74) is -0.171. The van der Waals surface area contributed by atoms with Gasteiger partial charge < -0.3 is 9.67 Å². The Bertz CT molecular complexity index is 465. The number of nitrogens with zero attached hydrogens (tertiary/aromatic N) is 1. The second-order valence-corrected chi connectivity index (χ2v) is 5.23. The number of carbonyl (C=O) groups excluding carboxylic acids is 1. The third-order valence-electron chi connectivity index (χ3n) is 3.51. The summed E-state index contributed by atoms with van der Waals surface area (Å²) in [6, 6.07) is 1.19. The van der Waals surface area contributed by atoms with Crippen LogP contribution in [0.1, 0.15) is 68.8 Å². The van der Waals surface area contributed by atoms with Gasteiger partial charge >= 0.3 is 0 Å². The highest BCUT2D eigenvalue weighted by Crippen LogP contribution is 2.10. The van der Waals surface area contributed by atoms with E-state index >= 15 is 0 Å². The van der Waals surface area contributed by atoms with Crippen LogP contribution in [0.2, 0.25) is 0 Å². The van der Waals surface area contributed by atoms with E-state index in [2.05, 4.69) is 6.92 Å². The highest BCUT2D eigenvalue weighted by Gasteiger charge is 2.04. The van der Waals surface area contributed by atoms with Crippen LogP contribution in [0.15, 0.2) is 17.1 Å². The lowest BCUT2D eigenvalue weighted by Crippen LogP contribution is -2.12. The second kappa shape index (κ2) is 9.34. The SMILES string of the molecule is CCCCCCCCCCn1cc(O)c(=O)cc1C=O. The van der Waals surface area contributed by atoms with Crippen LogP contribution < -0.4 is 5.43 Å². The fraction of sp³-hybridized carbons (Fsp3) is 0.625. The molecular formula is C16H25NO3. The molecule has 1 N–H and O–H groups in total. The highest BCUT2D eigenvalue weighted by molar-refractivity contribution is 5.72. The zero-order valence-electron chi connectivity index (χ0n) is 12.3. The Hall–Kier alpha value is -1.58. The number of rotatable bonds is 10. The van der Waals surface area contributed by atoms with Crippen molar-refractivity contribution in [2.24, 2.45) is 0 Å². The van der Waals surface area contributed by atoms with Gasteiger partial charge in [-0.05, 0) is 6.42 Å². The molecule has 0 radical (unpaired) electrons. The van der Waals surface area contributed by atoms with Gasteiger partial charge in [-0.1, -0.05) is 51.9 Å². The Morgan fingerprint density at radius 3 is 2.30 bits per heavy atom. The molecule has 0 spiro atoms. The molecule has 1 aromatic rings. The molecule has 0 aromatic carbocycles. The molecule has 0 saturated heterocycles. The lowest BCUT2D eigenvalue weighted by Gasteiger charge is -2.09. The Labute approximate surface area is 120 Å². The first-order valence-corrected chi connectivity index (χ1v) is 7.57. The molecule has 0 saturated carbocycles. The number of hydrogen-bond donors (Lipinski definition) is 1. The molecular weight excluding hydrogens is 254 g/mol. The number of carbonyl (C=O) groups is 1. The van der Waals surface area contributed by atoms with Crippen LogP contribution in [-0.2, 0) is 6.54 Å². The summed E-state index contributed by atoms with van der Waals surface area (Å²) >= 11 is 0. The minimum Gasteiger partial charge on any atom is -0.503 e.